The predicted octanol–water partition coefficient (Wildman–Crippen LogP) is 5.19. The van der Waals surface area contributed by atoms with Crippen LogP contribution in [0.3, 0.4) is 0 Å². The fourth-order valence-electron chi connectivity index (χ4n) is 4.32. The van der Waals surface area contributed by atoms with E-state index in [9.17, 15) is 19.7 Å². The van der Waals surface area contributed by atoms with Crippen molar-refractivity contribution in [1.82, 2.24) is 10.2 Å². The third kappa shape index (κ3) is 5.82. The van der Waals surface area contributed by atoms with Gasteiger partial charge in [0.1, 0.15) is 5.76 Å². The first-order valence-corrected chi connectivity index (χ1v) is 12.9. The van der Waals surface area contributed by atoms with Crippen molar-refractivity contribution in [3.8, 4) is 11.3 Å². The van der Waals surface area contributed by atoms with Crippen LogP contribution in [0, 0.1) is 10.1 Å². The molecule has 0 atom stereocenters. The van der Waals surface area contributed by atoms with E-state index in [0.29, 0.717) is 42.6 Å². The fraction of sp³-hybridized carbons (Fsp3) is 0.148. The second-order valence-electron chi connectivity index (χ2n) is 8.77. The summed E-state index contributed by atoms with van der Waals surface area (Å²) in [6.07, 6.45) is 1.48. The van der Waals surface area contributed by atoms with Gasteiger partial charge in [0.2, 0.25) is 0 Å². The molecule has 0 aliphatic carbocycles. The van der Waals surface area contributed by atoms with Crippen molar-refractivity contribution < 1.29 is 23.3 Å². The summed E-state index contributed by atoms with van der Waals surface area (Å²) >= 11 is 11.8. The Hall–Kier alpha value is -4.68. The van der Waals surface area contributed by atoms with Gasteiger partial charge in [-0.15, -0.1) is 0 Å². The van der Waals surface area contributed by atoms with Gasteiger partial charge in [-0.25, -0.2) is 0 Å². The Morgan fingerprint density at radius 2 is 1.75 bits per heavy atom. The Morgan fingerprint density at radius 3 is 2.45 bits per heavy atom. The molecule has 2 aromatic carbocycles. The zero-order valence-corrected chi connectivity index (χ0v) is 22.4. The molecule has 0 spiro atoms. The first kappa shape index (κ1) is 26.9. The molecule has 0 bridgehead atoms. The molecule has 3 heterocycles. The topological polar surface area (TPSA) is 134 Å². The number of piperazine rings is 1. The number of nitrogens with one attached hydrogen (secondary N) is 2. The molecule has 2 aromatic heterocycles. The summed E-state index contributed by atoms with van der Waals surface area (Å²) in [5.41, 5.74) is 1.49. The average molecular weight is 580 g/mol. The number of nitro benzene ring substituents is 1. The summed E-state index contributed by atoms with van der Waals surface area (Å²) in [5, 5.41) is 17.2. The van der Waals surface area contributed by atoms with Crippen LogP contribution in [0.4, 0.5) is 17.1 Å². The van der Waals surface area contributed by atoms with Crippen LogP contribution < -0.4 is 15.5 Å². The molecule has 5 rings (SSSR count). The molecule has 1 fully saturated rings. The van der Waals surface area contributed by atoms with Crippen molar-refractivity contribution in [3.05, 3.63) is 99.7 Å². The van der Waals surface area contributed by atoms with Gasteiger partial charge in [0.05, 0.1) is 27.5 Å². The number of halogens is 1. The largest absolute Gasteiger partial charge is 0.459 e. The predicted molar refractivity (Wildman–Crippen MR) is 153 cm³/mol. The zero-order chi connectivity index (χ0) is 28.2. The molecule has 1 saturated heterocycles. The lowest BCUT2D eigenvalue weighted by molar-refractivity contribution is -0.384. The number of benzene rings is 2. The van der Waals surface area contributed by atoms with Gasteiger partial charge in [-0.05, 0) is 60.7 Å². The van der Waals surface area contributed by atoms with E-state index in [2.05, 4.69) is 15.5 Å². The molecule has 204 valence electrons. The lowest BCUT2D eigenvalue weighted by Crippen LogP contribution is -2.48. The molecule has 1 aliphatic heterocycles. The molecule has 1 aliphatic rings. The highest BCUT2D eigenvalue weighted by Crippen LogP contribution is 2.31. The maximum atomic E-state index is 12.7. The molecule has 2 amide bonds. The molecular formula is C27H22ClN5O6S. The van der Waals surface area contributed by atoms with Gasteiger partial charge in [-0.3, -0.25) is 25.0 Å². The molecule has 0 unspecified atom stereocenters. The zero-order valence-electron chi connectivity index (χ0n) is 20.8. The lowest BCUT2D eigenvalue weighted by Gasteiger charge is -2.36. The van der Waals surface area contributed by atoms with Crippen molar-refractivity contribution in [1.29, 1.82) is 0 Å². The normalized spacial score (nSPS) is 13.1. The minimum Gasteiger partial charge on any atom is -0.459 e. The van der Waals surface area contributed by atoms with Crippen LogP contribution in [0.2, 0.25) is 5.02 Å². The minimum atomic E-state index is -0.619. The summed E-state index contributed by atoms with van der Waals surface area (Å²) in [6.45, 7) is 2.26. The monoisotopic (exact) mass is 579 g/mol. The van der Waals surface area contributed by atoms with Gasteiger partial charge < -0.3 is 24.0 Å². The SMILES string of the molecule is O=C(NC(=S)Nc1ccc(N2CCN(C(=O)c3ccco3)CC2)c(Cl)c1)c1ccc(-c2ccccc2[N+](=O)[O-])o1. The van der Waals surface area contributed by atoms with Crippen LogP contribution in [0.15, 0.2) is 81.8 Å². The Balaban J connectivity index is 1.17. The summed E-state index contributed by atoms with van der Waals surface area (Å²) in [4.78, 5) is 39.8. The smallest absolute Gasteiger partial charge is 0.293 e. The quantitative estimate of drug-likeness (QED) is 0.180. The third-order valence-electron chi connectivity index (χ3n) is 6.27. The maximum absolute atomic E-state index is 12.7. The second kappa shape index (κ2) is 11.6. The Labute approximate surface area is 238 Å². The number of hydrogen-bond acceptors (Lipinski definition) is 8. The van der Waals surface area contributed by atoms with E-state index in [1.807, 2.05) is 6.07 Å². The van der Waals surface area contributed by atoms with Crippen molar-refractivity contribution in [2.45, 2.75) is 0 Å². The molecule has 4 aromatic rings. The van der Waals surface area contributed by atoms with Gasteiger partial charge in [0.15, 0.2) is 16.6 Å². The molecule has 0 saturated carbocycles. The molecular weight excluding hydrogens is 558 g/mol. The lowest BCUT2D eigenvalue weighted by atomic mass is 10.1. The third-order valence-corrected chi connectivity index (χ3v) is 6.77. The van der Waals surface area contributed by atoms with Gasteiger partial charge in [0.25, 0.3) is 17.5 Å². The number of nitrogens with zero attached hydrogens (tertiary/aromatic N) is 3. The van der Waals surface area contributed by atoms with E-state index in [1.54, 1.807) is 47.4 Å². The first-order valence-electron chi connectivity index (χ1n) is 12.1. The van der Waals surface area contributed by atoms with Crippen molar-refractivity contribution in [3.63, 3.8) is 0 Å². The number of rotatable bonds is 6. The number of amides is 2. The number of anilines is 2. The average Bonchev–Trinajstić information content (AvgIpc) is 3.66. The van der Waals surface area contributed by atoms with Gasteiger partial charge in [0, 0.05) is 37.9 Å². The van der Waals surface area contributed by atoms with Gasteiger partial charge in [-0.2, -0.15) is 0 Å². The molecule has 13 heteroatoms. The van der Waals surface area contributed by atoms with Crippen molar-refractivity contribution in [2.24, 2.45) is 0 Å². The number of carbonyl (C=O) groups is 2. The van der Waals surface area contributed by atoms with Crippen LogP contribution >= 0.6 is 23.8 Å². The second-order valence-corrected chi connectivity index (χ2v) is 9.58. The highest BCUT2D eigenvalue weighted by Gasteiger charge is 2.25. The highest BCUT2D eigenvalue weighted by molar-refractivity contribution is 7.80. The Morgan fingerprint density at radius 1 is 0.975 bits per heavy atom. The molecule has 11 nitrogen and oxygen atoms in total. The number of nitro groups is 1. The Bertz CT molecular complexity index is 1580. The number of thiocarbonyl (C=S) groups is 1. The van der Waals surface area contributed by atoms with Gasteiger partial charge >= 0.3 is 0 Å². The van der Waals surface area contributed by atoms with E-state index in [0.717, 1.165) is 5.69 Å². The van der Waals surface area contributed by atoms with E-state index >= 15 is 0 Å². The highest BCUT2D eigenvalue weighted by atomic mass is 35.5. The molecule has 40 heavy (non-hydrogen) atoms. The van der Waals surface area contributed by atoms with E-state index in [1.165, 1.54) is 24.5 Å². The first-order chi connectivity index (χ1) is 19.3. The number of carbonyl (C=O) groups excluding carboxylic acids is 2. The number of para-hydroxylation sites is 1. The van der Waals surface area contributed by atoms with Crippen LogP contribution in [-0.2, 0) is 0 Å². The summed E-state index contributed by atoms with van der Waals surface area (Å²) in [6, 6.07) is 17.6. The van der Waals surface area contributed by atoms with Crippen LogP contribution in [0.1, 0.15) is 21.1 Å². The number of furan rings is 2. The van der Waals surface area contributed by atoms with E-state index in [-0.39, 0.29) is 33.8 Å². The summed E-state index contributed by atoms with van der Waals surface area (Å²) in [7, 11) is 0. The van der Waals surface area contributed by atoms with Crippen molar-refractivity contribution in [2.75, 3.05) is 36.4 Å². The fourth-order valence-corrected chi connectivity index (χ4v) is 4.83. The van der Waals surface area contributed by atoms with Crippen LogP contribution in [0.5, 0.6) is 0 Å². The van der Waals surface area contributed by atoms with Crippen LogP contribution in [-0.4, -0.2) is 52.9 Å². The maximum Gasteiger partial charge on any atom is 0.293 e. The van der Waals surface area contributed by atoms with Gasteiger partial charge in [-0.1, -0.05) is 23.7 Å². The summed E-state index contributed by atoms with van der Waals surface area (Å²) in [5.74, 6) is -0.317. The number of hydrogen-bond donors (Lipinski definition) is 2. The minimum absolute atomic E-state index is 0.0162. The standard InChI is InChI=1S/C27H22ClN5O6S/c28-19-16-17(7-8-21(19)31-11-13-32(14-12-31)26(35)24-6-3-15-38-24)29-27(40)30-25(34)23-10-9-22(39-23)18-4-1-2-5-20(18)33(36)37/h1-10,15-16H,11-14H2,(H2,29,30,34,40). The summed E-state index contributed by atoms with van der Waals surface area (Å²) < 4.78 is 10.8. The van der Waals surface area contributed by atoms with E-state index in [4.69, 9.17) is 32.7 Å². The van der Waals surface area contributed by atoms with E-state index < -0.39 is 10.8 Å². The van der Waals surface area contributed by atoms with Crippen LogP contribution in [0.25, 0.3) is 11.3 Å². The molecule has 2 N–H and O–H groups in total. The molecule has 0 radical (unpaired) electrons. The van der Waals surface area contributed by atoms with Crippen molar-refractivity contribution >= 4 is 57.8 Å². The Kier molecular flexibility index (Phi) is 7.80.